The van der Waals surface area contributed by atoms with Crippen LogP contribution in [0.2, 0.25) is 0 Å². The van der Waals surface area contributed by atoms with Crippen LogP contribution >= 0.6 is 11.3 Å². The number of fused-ring (bicyclic) bond motifs is 1. The van der Waals surface area contributed by atoms with Gasteiger partial charge in [-0.05, 0) is 36.3 Å². The second kappa shape index (κ2) is 3.79. The molecule has 0 spiro atoms. The number of nitrogens with two attached hydrogens (primary N) is 1. The van der Waals surface area contributed by atoms with Gasteiger partial charge >= 0.3 is 0 Å². The van der Waals surface area contributed by atoms with E-state index in [1.807, 2.05) is 11.3 Å². The molecule has 1 atom stereocenters. The molecule has 0 saturated heterocycles. The van der Waals surface area contributed by atoms with E-state index >= 15 is 0 Å². The first kappa shape index (κ1) is 9.65. The summed E-state index contributed by atoms with van der Waals surface area (Å²) in [6, 6.07) is 2.51. The Labute approximate surface area is 97.1 Å². The minimum absolute atomic E-state index is 0.324. The Morgan fingerprint density at radius 1 is 1.56 bits per heavy atom. The normalized spacial score (nSPS) is 19.4. The average molecular weight is 235 g/mol. The molecule has 3 rings (SSSR count). The van der Waals surface area contributed by atoms with Gasteiger partial charge in [-0.2, -0.15) is 4.98 Å². The summed E-state index contributed by atoms with van der Waals surface area (Å²) in [5.41, 5.74) is 6.88. The lowest BCUT2D eigenvalue weighted by Crippen LogP contribution is -2.16. The van der Waals surface area contributed by atoms with Gasteiger partial charge in [-0.15, -0.1) is 16.4 Å². The second-order valence-corrected chi connectivity index (χ2v) is 4.93. The number of hydrogen-bond donors (Lipinski definition) is 3. The Kier molecular flexibility index (Phi) is 2.28. The standard InChI is InChI=1S/C10H13N5S/c11-9-13-10(15-14-9)12-7-2-1-3-8-6(7)4-5-16-8/h4-5,7H,1-3H2,(H4,11,12,13,14,15). The van der Waals surface area contributed by atoms with E-state index in [0.717, 1.165) is 6.42 Å². The first-order valence-electron chi connectivity index (χ1n) is 5.33. The third kappa shape index (κ3) is 1.65. The van der Waals surface area contributed by atoms with Crippen molar-refractivity contribution >= 4 is 23.2 Å². The number of nitrogens with one attached hydrogen (secondary N) is 2. The van der Waals surface area contributed by atoms with E-state index in [2.05, 4.69) is 31.9 Å². The van der Waals surface area contributed by atoms with Crippen LogP contribution in [0.4, 0.5) is 11.9 Å². The summed E-state index contributed by atoms with van der Waals surface area (Å²) in [7, 11) is 0. The quantitative estimate of drug-likeness (QED) is 0.743. The molecule has 2 aromatic rings. The highest BCUT2D eigenvalue weighted by Gasteiger charge is 2.21. The number of rotatable bonds is 2. The van der Waals surface area contributed by atoms with Crippen LogP contribution in [0, 0.1) is 0 Å². The number of anilines is 2. The van der Waals surface area contributed by atoms with Crippen LogP contribution in [0.5, 0.6) is 0 Å². The van der Waals surface area contributed by atoms with E-state index < -0.39 is 0 Å². The molecule has 4 N–H and O–H groups in total. The minimum Gasteiger partial charge on any atom is -0.368 e. The maximum absolute atomic E-state index is 5.49. The highest BCUT2D eigenvalue weighted by atomic mass is 32.1. The van der Waals surface area contributed by atoms with Crippen molar-refractivity contribution in [3.8, 4) is 0 Å². The second-order valence-electron chi connectivity index (χ2n) is 3.93. The number of H-pyrrole nitrogens is 1. The Morgan fingerprint density at radius 2 is 2.50 bits per heavy atom. The zero-order chi connectivity index (χ0) is 11.0. The largest absolute Gasteiger partial charge is 0.368 e. The van der Waals surface area contributed by atoms with E-state index in [4.69, 9.17) is 5.73 Å². The van der Waals surface area contributed by atoms with Crippen molar-refractivity contribution in [2.75, 3.05) is 11.1 Å². The van der Waals surface area contributed by atoms with Crippen LogP contribution in [0.15, 0.2) is 11.4 Å². The van der Waals surface area contributed by atoms with Crippen LogP contribution < -0.4 is 11.1 Å². The van der Waals surface area contributed by atoms with E-state index in [0.29, 0.717) is 17.9 Å². The molecular formula is C10H13N5S. The minimum atomic E-state index is 0.324. The number of nitrogens with zero attached hydrogens (tertiary/aromatic N) is 2. The molecule has 2 heterocycles. The number of hydrogen-bond acceptors (Lipinski definition) is 5. The summed E-state index contributed by atoms with van der Waals surface area (Å²) in [6.07, 6.45) is 3.53. The smallest absolute Gasteiger partial charge is 0.244 e. The monoisotopic (exact) mass is 235 g/mol. The zero-order valence-electron chi connectivity index (χ0n) is 8.73. The van der Waals surface area contributed by atoms with E-state index in [9.17, 15) is 0 Å². The summed E-state index contributed by atoms with van der Waals surface area (Å²) in [5.74, 6) is 0.936. The SMILES string of the molecule is Nc1nc(NC2CCCc3sccc32)n[nH]1. The summed E-state index contributed by atoms with van der Waals surface area (Å²) in [5, 5.41) is 12.1. The summed E-state index contributed by atoms with van der Waals surface area (Å²) >= 11 is 1.83. The zero-order valence-corrected chi connectivity index (χ0v) is 9.55. The van der Waals surface area contributed by atoms with Gasteiger partial charge in [0.1, 0.15) is 0 Å². The van der Waals surface area contributed by atoms with Gasteiger partial charge in [0, 0.05) is 4.88 Å². The molecule has 0 saturated carbocycles. The molecule has 0 radical (unpaired) electrons. The van der Waals surface area contributed by atoms with Gasteiger partial charge in [0.25, 0.3) is 0 Å². The van der Waals surface area contributed by atoms with E-state index in [-0.39, 0.29) is 0 Å². The Balaban J connectivity index is 1.82. The number of aryl methyl sites for hydroxylation is 1. The molecule has 1 unspecified atom stereocenters. The first-order chi connectivity index (χ1) is 7.83. The molecule has 0 fully saturated rings. The molecule has 1 aliphatic carbocycles. The maximum Gasteiger partial charge on any atom is 0.244 e. The van der Waals surface area contributed by atoms with Gasteiger partial charge < -0.3 is 11.1 Å². The molecule has 16 heavy (non-hydrogen) atoms. The molecule has 0 aliphatic heterocycles. The molecule has 84 valence electrons. The van der Waals surface area contributed by atoms with Gasteiger partial charge in [0.2, 0.25) is 11.9 Å². The Morgan fingerprint density at radius 3 is 3.31 bits per heavy atom. The van der Waals surface area contributed by atoms with Crippen LogP contribution in [0.3, 0.4) is 0 Å². The highest BCUT2D eigenvalue weighted by Crippen LogP contribution is 2.34. The van der Waals surface area contributed by atoms with Crippen molar-refractivity contribution in [3.05, 3.63) is 21.9 Å². The van der Waals surface area contributed by atoms with Gasteiger partial charge in [-0.1, -0.05) is 0 Å². The lowest BCUT2D eigenvalue weighted by Gasteiger charge is -2.22. The van der Waals surface area contributed by atoms with Crippen molar-refractivity contribution in [1.29, 1.82) is 0 Å². The van der Waals surface area contributed by atoms with E-state index in [1.165, 1.54) is 23.3 Å². The van der Waals surface area contributed by atoms with E-state index in [1.54, 1.807) is 0 Å². The summed E-state index contributed by atoms with van der Waals surface area (Å²) < 4.78 is 0. The first-order valence-corrected chi connectivity index (χ1v) is 6.21. The van der Waals surface area contributed by atoms with Gasteiger partial charge in [-0.25, -0.2) is 5.10 Å². The van der Waals surface area contributed by atoms with Gasteiger partial charge in [0.15, 0.2) is 0 Å². The van der Waals surface area contributed by atoms with Crippen molar-refractivity contribution in [2.24, 2.45) is 0 Å². The highest BCUT2D eigenvalue weighted by molar-refractivity contribution is 7.10. The van der Waals surface area contributed by atoms with Crippen molar-refractivity contribution < 1.29 is 0 Å². The maximum atomic E-state index is 5.49. The lowest BCUT2D eigenvalue weighted by molar-refractivity contribution is 0.605. The van der Waals surface area contributed by atoms with Crippen molar-refractivity contribution in [2.45, 2.75) is 25.3 Å². The number of aromatic amines is 1. The number of aromatic nitrogens is 3. The topological polar surface area (TPSA) is 79.6 Å². The average Bonchev–Trinajstić information content (AvgIpc) is 2.87. The predicted octanol–water partition coefficient (Wildman–Crippen LogP) is 1.94. The fourth-order valence-electron chi connectivity index (χ4n) is 2.13. The molecule has 0 aromatic carbocycles. The molecule has 0 amide bonds. The lowest BCUT2D eigenvalue weighted by atomic mass is 9.94. The third-order valence-corrected chi connectivity index (χ3v) is 3.85. The van der Waals surface area contributed by atoms with Crippen molar-refractivity contribution in [1.82, 2.24) is 15.2 Å². The number of nitrogen functional groups attached to an aromatic ring is 1. The Bertz CT molecular complexity index is 489. The van der Waals surface area contributed by atoms with Crippen LogP contribution in [0.1, 0.15) is 29.3 Å². The van der Waals surface area contributed by atoms with Crippen LogP contribution in [-0.2, 0) is 6.42 Å². The van der Waals surface area contributed by atoms with Crippen LogP contribution in [-0.4, -0.2) is 15.2 Å². The molecule has 2 aromatic heterocycles. The van der Waals surface area contributed by atoms with Gasteiger partial charge in [0.05, 0.1) is 6.04 Å². The molecule has 6 heteroatoms. The van der Waals surface area contributed by atoms with Crippen molar-refractivity contribution in [3.63, 3.8) is 0 Å². The number of thiophene rings is 1. The predicted molar refractivity (Wildman–Crippen MR) is 64.4 cm³/mol. The summed E-state index contributed by atoms with van der Waals surface area (Å²) in [6.45, 7) is 0. The summed E-state index contributed by atoms with van der Waals surface area (Å²) in [4.78, 5) is 5.54. The molecule has 1 aliphatic rings. The fraction of sp³-hybridized carbons (Fsp3) is 0.400. The van der Waals surface area contributed by atoms with Gasteiger partial charge in [-0.3, -0.25) is 0 Å². The Hall–Kier alpha value is -1.56. The third-order valence-electron chi connectivity index (χ3n) is 2.86. The molecular weight excluding hydrogens is 222 g/mol. The molecule has 0 bridgehead atoms. The molecule has 5 nitrogen and oxygen atoms in total. The fourth-order valence-corrected chi connectivity index (χ4v) is 3.12. The van der Waals surface area contributed by atoms with Crippen LogP contribution in [0.25, 0.3) is 0 Å².